The van der Waals surface area contributed by atoms with Crippen LogP contribution >= 0.6 is 11.6 Å². The molecule has 1 aliphatic heterocycles. The Morgan fingerprint density at radius 2 is 2.15 bits per heavy atom. The van der Waals surface area contributed by atoms with Crippen molar-refractivity contribution in [2.75, 3.05) is 24.7 Å². The summed E-state index contributed by atoms with van der Waals surface area (Å²) in [4.78, 5) is 7.26. The summed E-state index contributed by atoms with van der Waals surface area (Å²) in [5.41, 5.74) is 2.28. The van der Waals surface area contributed by atoms with Crippen molar-refractivity contribution in [3.63, 3.8) is 0 Å². The lowest BCUT2D eigenvalue weighted by molar-refractivity contribution is 0.0925. The van der Waals surface area contributed by atoms with Crippen LogP contribution in [-0.2, 0) is 16.0 Å². The maximum absolute atomic E-state index is 6.06. The number of hydrogen-bond donors (Lipinski definition) is 0. The average Bonchev–Trinajstić information content (AvgIpc) is 2.45. The molecular formula is C16H25ClN2O. The predicted molar refractivity (Wildman–Crippen MR) is 84.7 cm³/mol. The lowest BCUT2D eigenvalue weighted by Crippen LogP contribution is -2.45. The summed E-state index contributed by atoms with van der Waals surface area (Å²) in [6, 6.07) is 4.66. The molecule has 0 saturated carbocycles. The Morgan fingerprint density at radius 1 is 1.40 bits per heavy atom. The summed E-state index contributed by atoms with van der Waals surface area (Å²) in [5.74, 6) is 1.57. The molecule has 1 fully saturated rings. The van der Waals surface area contributed by atoms with E-state index in [0.29, 0.717) is 11.9 Å². The van der Waals surface area contributed by atoms with Gasteiger partial charge in [-0.05, 0) is 24.1 Å². The summed E-state index contributed by atoms with van der Waals surface area (Å²) in [6.07, 6.45) is 1.07. The highest BCUT2D eigenvalue weighted by Crippen LogP contribution is 2.27. The van der Waals surface area contributed by atoms with Crippen molar-refractivity contribution < 1.29 is 4.74 Å². The molecule has 1 atom stereocenters. The Kier molecular flexibility index (Phi) is 4.92. The van der Waals surface area contributed by atoms with E-state index < -0.39 is 0 Å². The third-order valence-corrected chi connectivity index (χ3v) is 4.10. The molecule has 112 valence electrons. The van der Waals surface area contributed by atoms with Crippen LogP contribution in [0.1, 0.15) is 45.4 Å². The lowest BCUT2D eigenvalue weighted by Gasteiger charge is -2.37. The predicted octanol–water partition coefficient (Wildman–Crippen LogP) is 3.73. The first-order valence-electron chi connectivity index (χ1n) is 7.37. The second-order valence-corrected chi connectivity index (χ2v) is 6.70. The van der Waals surface area contributed by atoms with Crippen molar-refractivity contribution in [3.05, 3.63) is 23.4 Å². The van der Waals surface area contributed by atoms with Gasteiger partial charge in [-0.25, -0.2) is 4.98 Å². The van der Waals surface area contributed by atoms with E-state index in [0.717, 1.165) is 43.3 Å². The first-order valence-corrected chi connectivity index (χ1v) is 7.91. The molecular weight excluding hydrogens is 272 g/mol. The second-order valence-electron chi connectivity index (χ2n) is 6.43. The number of aromatic nitrogens is 1. The van der Waals surface area contributed by atoms with E-state index in [9.17, 15) is 0 Å². The Hall–Kier alpha value is -0.800. The van der Waals surface area contributed by atoms with Gasteiger partial charge in [0.15, 0.2) is 0 Å². The van der Waals surface area contributed by atoms with Gasteiger partial charge in [-0.1, -0.05) is 27.7 Å². The smallest absolute Gasteiger partial charge is 0.129 e. The zero-order chi connectivity index (χ0) is 14.8. The van der Waals surface area contributed by atoms with Crippen LogP contribution < -0.4 is 4.90 Å². The van der Waals surface area contributed by atoms with Gasteiger partial charge in [-0.3, -0.25) is 0 Å². The highest BCUT2D eigenvalue weighted by atomic mass is 35.5. The molecule has 1 aromatic heterocycles. The maximum atomic E-state index is 6.06. The first-order chi connectivity index (χ1) is 9.45. The lowest BCUT2D eigenvalue weighted by atomic mass is 9.91. The van der Waals surface area contributed by atoms with Gasteiger partial charge in [0.1, 0.15) is 5.82 Å². The first kappa shape index (κ1) is 15.6. The number of anilines is 1. The quantitative estimate of drug-likeness (QED) is 0.795. The van der Waals surface area contributed by atoms with Gasteiger partial charge in [0.05, 0.1) is 19.3 Å². The summed E-state index contributed by atoms with van der Waals surface area (Å²) in [6.45, 7) is 11.2. The van der Waals surface area contributed by atoms with Crippen LogP contribution in [0.5, 0.6) is 0 Å². The van der Waals surface area contributed by atoms with Crippen LogP contribution in [0.3, 0.4) is 0 Å². The summed E-state index contributed by atoms with van der Waals surface area (Å²) in [7, 11) is 0. The zero-order valence-electron chi connectivity index (χ0n) is 12.9. The largest absolute Gasteiger partial charge is 0.377 e. The molecule has 0 aromatic carbocycles. The molecule has 0 N–H and O–H groups in total. The fourth-order valence-electron chi connectivity index (χ4n) is 2.47. The third kappa shape index (κ3) is 3.44. The zero-order valence-corrected chi connectivity index (χ0v) is 13.7. The molecule has 0 radical (unpaired) electrons. The molecule has 1 aromatic rings. The normalized spacial score (nSPS) is 20.2. The number of morpholine rings is 1. The SMILES string of the molecule is CCC1COCCN1c1cc(CCl)cc(C(C)(C)C)n1. The van der Waals surface area contributed by atoms with E-state index in [1.54, 1.807) is 0 Å². The van der Waals surface area contributed by atoms with E-state index in [-0.39, 0.29) is 5.41 Å². The maximum Gasteiger partial charge on any atom is 0.129 e. The highest BCUT2D eigenvalue weighted by Gasteiger charge is 2.25. The van der Waals surface area contributed by atoms with Crippen molar-refractivity contribution in [1.29, 1.82) is 0 Å². The second kappa shape index (κ2) is 6.31. The number of halogens is 1. The molecule has 0 aliphatic carbocycles. The van der Waals surface area contributed by atoms with Crippen LogP contribution in [0.4, 0.5) is 5.82 Å². The summed E-state index contributed by atoms with van der Waals surface area (Å²) < 4.78 is 5.58. The number of rotatable bonds is 3. The van der Waals surface area contributed by atoms with Crippen LogP contribution in [-0.4, -0.2) is 30.8 Å². The third-order valence-electron chi connectivity index (χ3n) is 3.79. The van der Waals surface area contributed by atoms with E-state index >= 15 is 0 Å². The standard InChI is InChI=1S/C16H25ClN2O/c1-5-13-11-20-7-6-19(13)15-9-12(10-17)8-14(18-15)16(2,3)4/h8-9,13H,5-7,10-11H2,1-4H3. The Balaban J connectivity index is 2.39. The minimum atomic E-state index is 0.0326. The van der Waals surface area contributed by atoms with Crippen LogP contribution in [0.25, 0.3) is 0 Å². The highest BCUT2D eigenvalue weighted by molar-refractivity contribution is 6.17. The van der Waals surface area contributed by atoms with Crippen molar-refractivity contribution in [3.8, 4) is 0 Å². The van der Waals surface area contributed by atoms with Crippen molar-refractivity contribution >= 4 is 17.4 Å². The van der Waals surface area contributed by atoms with Gasteiger partial charge in [0, 0.05) is 23.5 Å². The van der Waals surface area contributed by atoms with Gasteiger partial charge in [0.2, 0.25) is 0 Å². The molecule has 0 spiro atoms. The van der Waals surface area contributed by atoms with Crippen LogP contribution in [0.15, 0.2) is 12.1 Å². The molecule has 2 heterocycles. The van der Waals surface area contributed by atoms with E-state index in [1.807, 2.05) is 0 Å². The van der Waals surface area contributed by atoms with Crippen molar-refractivity contribution in [1.82, 2.24) is 4.98 Å². The Labute approximate surface area is 127 Å². The van der Waals surface area contributed by atoms with E-state index in [4.69, 9.17) is 21.3 Å². The molecule has 2 rings (SSSR count). The minimum Gasteiger partial charge on any atom is -0.377 e. The number of nitrogens with zero attached hydrogens (tertiary/aromatic N) is 2. The number of hydrogen-bond acceptors (Lipinski definition) is 3. The molecule has 1 unspecified atom stereocenters. The van der Waals surface area contributed by atoms with Crippen LogP contribution in [0, 0.1) is 0 Å². The molecule has 0 bridgehead atoms. The summed E-state index contributed by atoms with van der Waals surface area (Å²) >= 11 is 6.06. The van der Waals surface area contributed by atoms with E-state index in [1.165, 1.54) is 0 Å². The molecule has 20 heavy (non-hydrogen) atoms. The molecule has 1 aliphatic rings. The van der Waals surface area contributed by atoms with Crippen molar-refractivity contribution in [2.45, 2.75) is 51.5 Å². The number of ether oxygens (including phenoxy) is 1. The number of alkyl halides is 1. The fraction of sp³-hybridized carbons (Fsp3) is 0.688. The molecule has 3 nitrogen and oxygen atoms in total. The van der Waals surface area contributed by atoms with Gasteiger partial charge < -0.3 is 9.64 Å². The molecule has 4 heteroatoms. The minimum absolute atomic E-state index is 0.0326. The molecule has 1 saturated heterocycles. The van der Waals surface area contributed by atoms with Gasteiger partial charge in [-0.15, -0.1) is 11.6 Å². The molecule has 0 amide bonds. The van der Waals surface area contributed by atoms with Gasteiger partial charge in [0.25, 0.3) is 0 Å². The Morgan fingerprint density at radius 3 is 2.75 bits per heavy atom. The number of pyridine rings is 1. The Bertz CT molecular complexity index is 456. The average molecular weight is 297 g/mol. The fourth-order valence-corrected chi connectivity index (χ4v) is 2.63. The van der Waals surface area contributed by atoms with Gasteiger partial charge >= 0.3 is 0 Å². The van der Waals surface area contributed by atoms with E-state index in [2.05, 4.69) is 44.7 Å². The van der Waals surface area contributed by atoms with Crippen molar-refractivity contribution in [2.24, 2.45) is 0 Å². The monoisotopic (exact) mass is 296 g/mol. The topological polar surface area (TPSA) is 25.4 Å². The summed E-state index contributed by atoms with van der Waals surface area (Å²) in [5, 5.41) is 0. The van der Waals surface area contributed by atoms with Gasteiger partial charge in [-0.2, -0.15) is 0 Å². The van der Waals surface area contributed by atoms with Crippen LogP contribution in [0.2, 0.25) is 0 Å².